The van der Waals surface area contributed by atoms with Crippen LogP contribution in [0.5, 0.6) is 5.75 Å². The van der Waals surface area contributed by atoms with E-state index < -0.39 is 9.84 Å². The summed E-state index contributed by atoms with van der Waals surface area (Å²) in [6.45, 7) is 0. The van der Waals surface area contributed by atoms with E-state index in [9.17, 15) is 8.42 Å². The Hall–Kier alpha value is -0.550. The van der Waals surface area contributed by atoms with Gasteiger partial charge in [-0.1, -0.05) is 28.1 Å². The summed E-state index contributed by atoms with van der Waals surface area (Å²) in [5.41, 5.74) is 1.20. The van der Waals surface area contributed by atoms with Gasteiger partial charge in [-0.2, -0.15) is 0 Å². The van der Waals surface area contributed by atoms with Crippen LogP contribution in [-0.4, -0.2) is 31.9 Å². The van der Waals surface area contributed by atoms with Crippen molar-refractivity contribution in [1.82, 2.24) is 0 Å². The molecule has 18 heavy (non-hydrogen) atoms. The fourth-order valence-electron chi connectivity index (χ4n) is 2.26. The molecule has 1 aromatic rings. The second-order valence-electron chi connectivity index (χ2n) is 4.73. The molecule has 0 radical (unpaired) electrons. The Morgan fingerprint density at radius 2 is 2.06 bits per heavy atom. The molecule has 0 N–H and O–H groups in total. The molecule has 1 aromatic carbocycles. The summed E-state index contributed by atoms with van der Waals surface area (Å²) >= 11 is 3.63. The lowest BCUT2D eigenvalue weighted by atomic mass is 9.99. The van der Waals surface area contributed by atoms with Gasteiger partial charge in [0, 0.05) is 4.83 Å². The van der Waals surface area contributed by atoms with Crippen LogP contribution in [-0.2, 0) is 16.3 Å². The van der Waals surface area contributed by atoms with Crippen molar-refractivity contribution < 1.29 is 13.2 Å². The number of methoxy groups -OCH3 is 1. The van der Waals surface area contributed by atoms with E-state index in [2.05, 4.69) is 15.9 Å². The summed E-state index contributed by atoms with van der Waals surface area (Å²) in [6, 6.07) is 7.91. The largest absolute Gasteiger partial charge is 0.497 e. The molecule has 1 fully saturated rings. The Labute approximate surface area is 117 Å². The predicted octanol–water partition coefficient (Wildman–Crippen LogP) is 2.44. The third kappa shape index (κ3) is 3.48. The van der Waals surface area contributed by atoms with Gasteiger partial charge < -0.3 is 4.74 Å². The lowest BCUT2D eigenvalue weighted by molar-refractivity contribution is 0.414. The first kappa shape index (κ1) is 13.9. The number of alkyl halides is 1. The minimum absolute atomic E-state index is 0.225. The van der Waals surface area contributed by atoms with Crippen LogP contribution in [0.15, 0.2) is 24.3 Å². The van der Waals surface area contributed by atoms with Crippen LogP contribution in [0.25, 0.3) is 0 Å². The third-order valence-electron chi connectivity index (χ3n) is 3.37. The van der Waals surface area contributed by atoms with Gasteiger partial charge in [0.15, 0.2) is 9.84 Å². The van der Waals surface area contributed by atoms with Gasteiger partial charge in [0.05, 0.1) is 18.6 Å². The fraction of sp³-hybridized carbons (Fsp3) is 0.538. The zero-order valence-corrected chi connectivity index (χ0v) is 12.7. The van der Waals surface area contributed by atoms with Gasteiger partial charge in [-0.25, -0.2) is 8.42 Å². The average molecular weight is 333 g/mol. The van der Waals surface area contributed by atoms with Crippen LogP contribution in [0.4, 0.5) is 0 Å². The number of sulfone groups is 1. The van der Waals surface area contributed by atoms with Gasteiger partial charge in [0.1, 0.15) is 5.75 Å². The Kier molecular flexibility index (Phi) is 4.33. The lowest BCUT2D eigenvalue weighted by Crippen LogP contribution is -2.18. The Balaban J connectivity index is 1.96. The van der Waals surface area contributed by atoms with Gasteiger partial charge in [-0.05, 0) is 36.5 Å². The molecule has 0 aromatic heterocycles. The first-order valence-corrected chi connectivity index (χ1v) is 8.71. The van der Waals surface area contributed by atoms with E-state index in [0.29, 0.717) is 11.5 Å². The van der Waals surface area contributed by atoms with E-state index in [1.807, 2.05) is 24.3 Å². The van der Waals surface area contributed by atoms with Crippen molar-refractivity contribution in [3.05, 3.63) is 29.8 Å². The normalized spacial score (nSPS) is 23.8. The molecule has 1 saturated heterocycles. The Bertz CT molecular complexity index is 495. The maximum Gasteiger partial charge on any atom is 0.150 e. The van der Waals surface area contributed by atoms with Crippen molar-refractivity contribution in [2.75, 3.05) is 18.6 Å². The van der Waals surface area contributed by atoms with Gasteiger partial charge in [0.2, 0.25) is 0 Å². The minimum Gasteiger partial charge on any atom is -0.497 e. The highest BCUT2D eigenvalue weighted by Gasteiger charge is 2.32. The number of hydrogen-bond acceptors (Lipinski definition) is 3. The topological polar surface area (TPSA) is 43.4 Å². The molecular formula is C13H17BrO3S. The van der Waals surface area contributed by atoms with E-state index in [1.54, 1.807) is 7.11 Å². The minimum atomic E-state index is -2.79. The van der Waals surface area contributed by atoms with Crippen molar-refractivity contribution in [2.45, 2.75) is 17.7 Å². The van der Waals surface area contributed by atoms with Gasteiger partial charge in [-0.15, -0.1) is 0 Å². The number of ether oxygens (including phenoxy) is 1. The fourth-order valence-corrected chi connectivity index (χ4v) is 5.21. The molecule has 0 aliphatic carbocycles. The maximum absolute atomic E-state index is 11.4. The first-order valence-electron chi connectivity index (χ1n) is 5.97. The van der Waals surface area contributed by atoms with Crippen molar-refractivity contribution in [1.29, 1.82) is 0 Å². The van der Waals surface area contributed by atoms with Crippen LogP contribution in [0.1, 0.15) is 12.0 Å². The molecule has 0 spiro atoms. The molecule has 1 aliphatic heterocycles. The molecule has 0 amide bonds. The van der Waals surface area contributed by atoms with Crippen LogP contribution in [0.2, 0.25) is 0 Å². The SMILES string of the molecule is COc1ccc(CC(Br)C2CCS(=O)(=O)C2)cc1. The van der Waals surface area contributed by atoms with Crippen LogP contribution in [0, 0.1) is 5.92 Å². The van der Waals surface area contributed by atoms with E-state index in [4.69, 9.17) is 4.74 Å². The summed E-state index contributed by atoms with van der Waals surface area (Å²) in [7, 11) is -1.15. The highest BCUT2D eigenvalue weighted by Crippen LogP contribution is 2.29. The monoisotopic (exact) mass is 332 g/mol. The molecule has 100 valence electrons. The molecule has 0 bridgehead atoms. The zero-order valence-electron chi connectivity index (χ0n) is 10.3. The highest BCUT2D eigenvalue weighted by molar-refractivity contribution is 9.09. The number of hydrogen-bond donors (Lipinski definition) is 0. The summed E-state index contributed by atoms with van der Waals surface area (Å²) in [4.78, 5) is 0.225. The molecule has 0 saturated carbocycles. The molecular weight excluding hydrogens is 316 g/mol. The third-order valence-corrected chi connectivity index (χ3v) is 6.23. The van der Waals surface area contributed by atoms with E-state index in [1.165, 1.54) is 5.56 Å². The second-order valence-corrected chi connectivity index (χ2v) is 8.14. The standard InChI is InChI=1S/C13H17BrO3S/c1-17-12-4-2-10(3-5-12)8-13(14)11-6-7-18(15,16)9-11/h2-5,11,13H,6-9H2,1H3. The lowest BCUT2D eigenvalue weighted by Gasteiger charge is -2.16. The average Bonchev–Trinajstić information content (AvgIpc) is 2.71. The quantitative estimate of drug-likeness (QED) is 0.795. The van der Waals surface area contributed by atoms with E-state index >= 15 is 0 Å². The maximum atomic E-state index is 11.4. The van der Waals surface area contributed by atoms with Crippen LogP contribution in [0.3, 0.4) is 0 Å². The van der Waals surface area contributed by atoms with Crippen LogP contribution < -0.4 is 4.74 Å². The highest BCUT2D eigenvalue weighted by atomic mass is 79.9. The van der Waals surface area contributed by atoms with Gasteiger partial charge in [-0.3, -0.25) is 0 Å². The second kappa shape index (κ2) is 5.61. The van der Waals surface area contributed by atoms with E-state index in [0.717, 1.165) is 18.6 Å². The van der Waals surface area contributed by atoms with Crippen molar-refractivity contribution >= 4 is 25.8 Å². The predicted molar refractivity (Wildman–Crippen MR) is 76.2 cm³/mol. The first-order chi connectivity index (χ1) is 8.50. The van der Waals surface area contributed by atoms with Crippen molar-refractivity contribution in [3.8, 4) is 5.75 Å². The summed E-state index contributed by atoms with van der Waals surface area (Å²) in [5, 5.41) is 0. The number of rotatable bonds is 4. The molecule has 1 aliphatic rings. The molecule has 2 unspecified atom stereocenters. The molecule has 2 atom stereocenters. The molecule has 1 heterocycles. The van der Waals surface area contributed by atoms with Gasteiger partial charge >= 0.3 is 0 Å². The van der Waals surface area contributed by atoms with Gasteiger partial charge in [0.25, 0.3) is 0 Å². The molecule has 3 nitrogen and oxygen atoms in total. The number of benzene rings is 1. The summed E-state index contributed by atoms with van der Waals surface area (Å²) < 4.78 is 28.0. The zero-order chi connectivity index (χ0) is 13.2. The number of halogens is 1. The Morgan fingerprint density at radius 1 is 1.39 bits per heavy atom. The van der Waals surface area contributed by atoms with Crippen molar-refractivity contribution in [2.24, 2.45) is 5.92 Å². The molecule has 5 heteroatoms. The van der Waals surface area contributed by atoms with Crippen LogP contribution >= 0.6 is 15.9 Å². The summed E-state index contributed by atoms with van der Waals surface area (Å²) in [6.07, 6.45) is 1.62. The Morgan fingerprint density at radius 3 is 2.56 bits per heavy atom. The smallest absolute Gasteiger partial charge is 0.150 e. The molecule has 2 rings (SSSR count). The van der Waals surface area contributed by atoms with Crippen molar-refractivity contribution in [3.63, 3.8) is 0 Å². The summed E-state index contributed by atoms with van der Waals surface area (Å²) in [5.74, 6) is 1.73. The van der Waals surface area contributed by atoms with E-state index in [-0.39, 0.29) is 10.7 Å².